The fourth-order valence-corrected chi connectivity index (χ4v) is 5.39. The summed E-state index contributed by atoms with van der Waals surface area (Å²) in [5.74, 6) is -0.715. The lowest BCUT2D eigenvalue weighted by atomic mass is 10.0. The van der Waals surface area contributed by atoms with E-state index in [9.17, 15) is 14.4 Å². The first-order valence-corrected chi connectivity index (χ1v) is 13.4. The average Bonchev–Trinajstić information content (AvgIpc) is 3.31. The second-order valence-corrected chi connectivity index (χ2v) is 10.2. The van der Waals surface area contributed by atoms with Gasteiger partial charge in [0.1, 0.15) is 10.6 Å². The largest absolute Gasteiger partial charge is 0.465 e. The minimum absolute atomic E-state index is 0.108. The highest BCUT2D eigenvalue weighted by atomic mass is 32.2. The average molecular weight is 531 g/mol. The Labute approximate surface area is 224 Å². The Morgan fingerprint density at radius 2 is 1.65 bits per heavy atom. The van der Waals surface area contributed by atoms with Crippen LogP contribution in [0, 0.1) is 6.92 Å². The summed E-state index contributed by atoms with van der Waals surface area (Å²) in [6.45, 7) is 2.00. The van der Waals surface area contributed by atoms with Crippen LogP contribution < -0.4 is 10.6 Å². The van der Waals surface area contributed by atoms with Crippen LogP contribution in [0.15, 0.2) is 89.1 Å². The number of hydrogen-bond donors (Lipinski definition) is 2. The molecule has 2 N–H and O–H groups in total. The molecule has 0 aliphatic heterocycles. The fraction of sp³-hybridized carbons (Fsp3) is 0.138. The molecule has 1 heterocycles. The number of carbonyl (C=O) groups is 3. The van der Waals surface area contributed by atoms with Crippen molar-refractivity contribution in [2.75, 3.05) is 23.5 Å². The Hall–Kier alpha value is -3.88. The third-order valence-electron chi connectivity index (χ3n) is 5.49. The number of methoxy groups -OCH3 is 1. The van der Waals surface area contributed by atoms with Crippen molar-refractivity contribution in [3.05, 3.63) is 101 Å². The number of amides is 2. The molecule has 0 saturated carbocycles. The third-order valence-corrected chi connectivity index (χ3v) is 7.38. The first-order chi connectivity index (χ1) is 17.9. The number of ether oxygens (including phenoxy) is 1. The number of hydrogen-bond acceptors (Lipinski definition) is 6. The summed E-state index contributed by atoms with van der Waals surface area (Å²) in [7, 11) is 1.33. The van der Waals surface area contributed by atoms with E-state index in [0.29, 0.717) is 16.3 Å². The molecule has 0 aliphatic rings. The Balaban J connectivity index is 1.38. The molecule has 188 valence electrons. The quantitative estimate of drug-likeness (QED) is 0.193. The van der Waals surface area contributed by atoms with Crippen molar-refractivity contribution in [1.82, 2.24) is 0 Å². The summed E-state index contributed by atoms with van der Waals surface area (Å²) >= 11 is 2.63. The number of nitrogens with one attached hydrogen (secondary N) is 2. The molecule has 6 nitrogen and oxygen atoms in total. The Morgan fingerprint density at radius 3 is 2.38 bits per heavy atom. The normalized spacial score (nSPS) is 10.5. The lowest BCUT2D eigenvalue weighted by molar-refractivity contribution is -0.115. The maximum Gasteiger partial charge on any atom is 0.341 e. The molecule has 0 radical (unpaired) electrons. The van der Waals surface area contributed by atoms with E-state index >= 15 is 0 Å². The van der Waals surface area contributed by atoms with Crippen LogP contribution in [0.3, 0.4) is 0 Å². The lowest BCUT2D eigenvalue weighted by Crippen LogP contribution is -2.16. The molecule has 0 bridgehead atoms. The molecule has 37 heavy (non-hydrogen) atoms. The van der Waals surface area contributed by atoms with E-state index in [0.717, 1.165) is 27.1 Å². The minimum Gasteiger partial charge on any atom is -0.465 e. The number of benzene rings is 3. The maximum absolute atomic E-state index is 12.8. The van der Waals surface area contributed by atoms with Gasteiger partial charge in [0.25, 0.3) is 0 Å². The van der Waals surface area contributed by atoms with E-state index in [1.165, 1.54) is 30.2 Å². The molecular formula is C29H26N2O4S2. The zero-order valence-corrected chi connectivity index (χ0v) is 22.1. The Morgan fingerprint density at radius 1 is 0.892 bits per heavy atom. The van der Waals surface area contributed by atoms with Crippen molar-refractivity contribution < 1.29 is 19.1 Å². The molecule has 8 heteroatoms. The predicted octanol–water partition coefficient (Wildman–Crippen LogP) is 6.42. The van der Waals surface area contributed by atoms with Gasteiger partial charge in [-0.1, -0.05) is 66.2 Å². The van der Waals surface area contributed by atoms with E-state index in [1.54, 1.807) is 0 Å². The topological polar surface area (TPSA) is 84.5 Å². The van der Waals surface area contributed by atoms with Crippen molar-refractivity contribution in [2.24, 2.45) is 0 Å². The van der Waals surface area contributed by atoms with Crippen LogP contribution in [0.4, 0.5) is 10.7 Å². The molecule has 0 aliphatic carbocycles. The van der Waals surface area contributed by atoms with Gasteiger partial charge in [0.05, 0.1) is 19.3 Å². The molecule has 2 amide bonds. The number of esters is 1. The van der Waals surface area contributed by atoms with Gasteiger partial charge in [0.15, 0.2) is 0 Å². The highest BCUT2D eigenvalue weighted by Crippen LogP contribution is 2.36. The van der Waals surface area contributed by atoms with Crippen LogP contribution in [0.5, 0.6) is 0 Å². The molecule has 0 atom stereocenters. The van der Waals surface area contributed by atoms with Crippen LogP contribution in [0.25, 0.3) is 11.1 Å². The van der Waals surface area contributed by atoms with Crippen LogP contribution in [0.2, 0.25) is 0 Å². The molecule has 4 aromatic rings. The number of rotatable bonds is 9. The van der Waals surface area contributed by atoms with Crippen LogP contribution in [-0.2, 0) is 20.7 Å². The van der Waals surface area contributed by atoms with Crippen molar-refractivity contribution in [3.8, 4) is 11.1 Å². The number of thioether (sulfide) groups is 1. The van der Waals surface area contributed by atoms with Gasteiger partial charge in [0, 0.05) is 21.5 Å². The van der Waals surface area contributed by atoms with Crippen molar-refractivity contribution in [3.63, 3.8) is 0 Å². The number of aryl methyl sites for hydroxylation is 1. The summed E-state index contributed by atoms with van der Waals surface area (Å²) < 4.78 is 4.99. The Kier molecular flexibility index (Phi) is 8.77. The monoisotopic (exact) mass is 530 g/mol. The number of anilines is 2. The molecule has 0 fully saturated rings. The van der Waals surface area contributed by atoms with E-state index < -0.39 is 5.97 Å². The van der Waals surface area contributed by atoms with E-state index in [1.807, 2.05) is 91.2 Å². The standard InChI is InChI=1S/C29H26N2O4S2/c1-19-11-13-21(14-12-19)24-17-37-28(27(24)29(34)35-2)31-26(33)18-36-23-10-6-9-22(16-23)30-25(32)15-20-7-4-3-5-8-20/h3-14,16-17H,15,18H2,1-2H3,(H,30,32)(H,31,33). The van der Waals surface area contributed by atoms with Gasteiger partial charge in [0.2, 0.25) is 11.8 Å². The Bertz CT molecular complexity index is 1400. The molecule has 0 saturated heterocycles. The SMILES string of the molecule is COC(=O)c1c(-c2ccc(C)cc2)csc1NC(=O)CSc1cccc(NC(=O)Cc2ccccc2)c1. The minimum atomic E-state index is -0.501. The fourth-order valence-electron chi connectivity index (χ4n) is 3.66. The lowest BCUT2D eigenvalue weighted by Gasteiger charge is -2.09. The zero-order chi connectivity index (χ0) is 26.2. The summed E-state index contributed by atoms with van der Waals surface area (Å²) in [6, 6.07) is 24.7. The second-order valence-electron chi connectivity index (χ2n) is 8.29. The highest BCUT2D eigenvalue weighted by Gasteiger charge is 2.22. The van der Waals surface area contributed by atoms with Gasteiger partial charge in [-0.25, -0.2) is 4.79 Å². The summed E-state index contributed by atoms with van der Waals surface area (Å²) in [5.41, 5.74) is 4.66. The second kappa shape index (κ2) is 12.4. The molecular weight excluding hydrogens is 504 g/mol. The third kappa shape index (κ3) is 7.09. The van der Waals surface area contributed by atoms with Crippen LogP contribution in [-0.4, -0.2) is 30.6 Å². The van der Waals surface area contributed by atoms with Crippen molar-refractivity contribution in [2.45, 2.75) is 18.2 Å². The highest BCUT2D eigenvalue weighted by molar-refractivity contribution is 8.00. The molecule has 1 aromatic heterocycles. The van der Waals surface area contributed by atoms with Gasteiger partial charge in [-0.05, 0) is 36.2 Å². The first-order valence-electron chi connectivity index (χ1n) is 11.6. The van der Waals surface area contributed by atoms with Gasteiger partial charge in [-0.3, -0.25) is 9.59 Å². The van der Waals surface area contributed by atoms with E-state index in [-0.39, 0.29) is 24.0 Å². The molecule has 4 rings (SSSR count). The van der Waals surface area contributed by atoms with Gasteiger partial charge < -0.3 is 15.4 Å². The first kappa shape index (κ1) is 26.2. The molecule has 0 unspecified atom stereocenters. The van der Waals surface area contributed by atoms with Crippen molar-refractivity contribution in [1.29, 1.82) is 0 Å². The molecule has 3 aromatic carbocycles. The van der Waals surface area contributed by atoms with Gasteiger partial charge >= 0.3 is 5.97 Å². The summed E-state index contributed by atoms with van der Waals surface area (Å²) in [6.07, 6.45) is 0.286. The maximum atomic E-state index is 12.8. The smallest absolute Gasteiger partial charge is 0.341 e. The number of thiophene rings is 1. The number of carbonyl (C=O) groups excluding carboxylic acids is 3. The van der Waals surface area contributed by atoms with Gasteiger partial charge in [-0.2, -0.15) is 0 Å². The summed E-state index contributed by atoms with van der Waals surface area (Å²) in [5, 5.41) is 8.07. The van der Waals surface area contributed by atoms with Crippen LogP contribution in [0.1, 0.15) is 21.5 Å². The van der Waals surface area contributed by atoms with E-state index in [2.05, 4.69) is 10.6 Å². The molecule has 0 spiro atoms. The van der Waals surface area contributed by atoms with E-state index in [4.69, 9.17) is 4.74 Å². The summed E-state index contributed by atoms with van der Waals surface area (Å²) in [4.78, 5) is 38.5. The van der Waals surface area contributed by atoms with Crippen LogP contribution >= 0.6 is 23.1 Å². The zero-order valence-electron chi connectivity index (χ0n) is 20.4. The van der Waals surface area contributed by atoms with Crippen molar-refractivity contribution >= 4 is 51.6 Å². The van der Waals surface area contributed by atoms with Gasteiger partial charge in [-0.15, -0.1) is 23.1 Å². The predicted molar refractivity (Wildman–Crippen MR) is 150 cm³/mol.